The lowest BCUT2D eigenvalue weighted by Crippen LogP contribution is -2.24. The quantitative estimate of drug-likeness (QED) is 0.514. The van der Waals surface area contributed by atoms with E-state index in [0.29, 0.717) is 32.0 Å². The number of thiophene rings is 1. The molecule has 0 aliphatic heterocycles. The molecule has 152 valence electrons. The largest absolute Gasteiger partial charge is 0.321 e. The van der Waals surface area contributed by atoms with Crippen molar-refractivity contribution < 1.29 is 9.18 Å². The van der Waals surface area contributed by atoms with Crippen LogP contribution in [-0.2, 0) is 6.54 Å². The smallest absolute Gasteiger partial charge is 0.266 e. The molecule has 2 aromatic carbocycles. The van der Waals surface area contributed by atoms with Gasteiger partial charge >= 0.3 is 0 Å². The van der Waals surface area contributed by atoms with Crippen molar-refractivity contribution in [1.82, 2.24) is 9.55 Å². The number of nitrogens with one attached hydrogen (secondary N) is 1. The lowest BCUT2D eigenvalue weighted by molar-refractivity contribution is 0.103. The van der Waals surface area contributed by atoms with Gasteiger partial charge in [-0.3, -0.25) is 14.2 Å². The number of hydrogen-bond donors (Lipinski definition) is 1. The van der Waals surface area contributed by atoms with Crippen molar-refractivity contribution in [1.29, 1.82) is 0 Å². The molecule has 7 heteroatoms. The predicted molar refractivity (Wildman–Crippen MR) is 118 cm³/mol. The van der Waals surface area contributed by atoms with Crippen molar-refractivity contribution >= 4 is 33.1 Å². The summed E-state index contributed by atoms with van der Waals surface area (Å²) in [6, 6.07) is 13.7. The number of aryl methyl sites for hydroxylation is 3. The third-order valence-electron chi connectivity index (χ3n) is 5.07. The van der Waals surface area contributed by atoms with Gasteiger partial charge in [0.1, 0.15) is 16.5 Å². The van der Waals surface area contributed by atoms with Gasteiger partial charge in [-0.1, -0.05) is 30.3 Å². The van der Waals surface area contributed by atoms with Crippen molar-refractivity contribution in [2.75, 3.05) is 5.32 Å². The minimum Gasteiger partial charge on any atom is -0.321 e. The number of carbonyl (C=O) groups excluding carboxylic acids is 1. The maximum Gasteiger partial charge on any atom is 0.266 e. The molecule has 1 amide bonds. The standard InChI is InChI=1S/C23H20FN3O2S/c1-13-7-4-5-10-18(13)26-21(28)20-14(2)19-22(30-20)25-15(3)27(23(19)29)12-16-8-6-9-17(24)11-16/h4-11H,12H2,1-3H3,(H,26,28). The van der Waals surface area contributed by atoms with Gasteiger partial charge < -0.3 is 5.32 Å². The van der Waals surface area contributed by atoms with Crippen LogP contribution >= 0.6 is 11.3 Å². The van der Waals surface area contributed by atoms with Crippen LogP contribution in [0, 0.1) is 26.6 Å². The van der Waals surface area contributed by atoms with Crippen LogP contribution in [0.25, 0.3) is 10.2 Å². The Morgan fingerprint density at radius 3 is 2.63 bits per heavy atom. The molecule has 2 heterocycles. The first-order valence-corrected chi connectivity index (χ1v) is 10.3. The normalized spacial score (nSPS) is 11.1. The Balaban J connectivity index is 1.75. The highest BCUT2D eigenvalue weighted by molar-refractivity contribution is 7.20. The summed E-state index contributed by atoms with van der Waals surface area (Å²) >= 11 is 1.21. The van der Waals surface area contributed by atoms with Crippen LogP contribution in [0.15, 0.2) is 53.3 Å². The molecular formula is C23H20FN3O2S. The summed E-state index contributed by atoms with van der Waals surface area (Å²) in [5.41, 5.74) is 2.73. The van der Waals surface area contributed by atoms with Crippen LogP contribution in [0.2, 0.25) is 0 Å². The van der Waals surface area contributed by atoms with Crippen molar-refractivity contribution in [2.24, 2.45) is 0 Å². The Hall–Kier alpha value is -3.32. The summed E-state index contributed by atoms with van der Waals surface area (Å²) in [4.78, 5) is 31.6. The zero-order valence-electron chi connectivity index (χ0n) is 16.8. The van der Waals surface area contributed by atoms with Gasteiger partial charge in [-0.15, -0.1) is 11.3 Å². The molecule has 1 N–H and O–H groups in total. The Morgan fingerprint density at radius 1 is 1.13 bits per heavy atom. The summed E-state index contributed by atoms with van der Waals surface area (Å²) < 4.78 is 15.1. The number of anilines is 1. The molecule has 4 aromatic rings. The lowest BCUT2D eigenvalue weighted by Gasteiger charge is -2.10. The molecule has 0 bridgehead atoms. The number of carbonyl (C=O) groups is 1. The molecule has 0 atom stereocenters. The van der Waals surface area contributed by atoms with E-state index >= 15 is 0 Å². The van der Waals surface area contributed by atoms with E-state index in [0.717, 1.165) is 11.3 Å². The molecule has 5 nitrogen and oxygen atoms in total. The second kappa shape index (κ2) is 7.84. The van der Waals surface area contributed by atoms with Crippen LogP contribution in [-0.4, -0.2) is 15.5 Å². The number of rotatable bonds is 4. The highest BCUT2D eigenvalue weighted by Crippen LogP contribution is 2.28. The predicted octanol–water partition coefficient (Wildman–Crippen LogP) is 4.82. The topological polar surface area (TPSA) is 64.0 Å². The number of hydrogen-bond acceptors (Lipinski definition) is 4. The molecule has 0 unspecified atom stereocenters. The highest BCUT2D eigenvalue weighted by atomic mass is 32.1. The van der Waals surface area contributed by atoms with E-state index in [9.17, 15) is 14.0 Å². The van der Waals surface area contributed by atoms with Gasteiger partial charge in [0.05, 0.1) is 16.8 Å². The third-order valence-corrected chi connectivity index (χ3v) is 6.25. The van der Waals surface area contributed by atoms with E-state index < -0.39 is 0 Å². The molecule has 0 radical (unpaired) electrons. The zero-order chi connectivity index (χ0) is 21.4. The van der Waals surface area contributed by atoms with E-state index in [1.165, 1.54) is 28.0 Å². The SMILES string of the molecule is Cc1ccccc1NC(=O)c1sc2nc(C)n(Cc3cccc(F)c3)c(=O)c2c1C. The molecular weight excluding hydrogens is 401 g/mol. The molecule has 4 rings (SSSR count). The Kier molecular flexibility index (Phi) is 5.22. The molecule has 0 aliphatic carbocycles. The van der Waals surface area contributed by atoms with Gasteiger partial charge in [0.25, 0.3) is 11.5 Å². The Morgan fingerprint density at radius 2 is 1.90 bits per heavy atom. The van der Waals surface area contributed by atoms with Crippen LogP contribution in [0.1, 0.15) is 32.2 Å². The van der Waals surface area contributed by atoms with E-state index in [1.54, 1.807) is 26.0 Å². The first-order valence-electron chi connectivity index (χ1n) is 9.47. The maximum absolute atomic E-state index is 13.5. The minimum atomic E-state index is -0.353. The minimum absolute atomic E-state index is 0.214. The van der Waals surface area contributed by atoms with Crippen molar-refractivity contribution in [3.63, 3.8) is 0 Å². The number of benzene rings is 2. The highest BCUT2D eigenvalue weighted by Gasteiger charge is 2.21. The summed E-state index contributed by atoms with van der Waals surface area (Å²) in [5, 5.41) is 3.34. The van der Waals surface area contributed by atoms with Crippen molar-refractivity contribution in [3.8, 4) is 0 Å². The van der Waals surface area contributed by atoms with E-state index in [4.69, 9.17) is 0 Å². The number of para-hydroxylation sites is 1. The van der Waals surface area contributed by atoms with Gasteiger partial charge in [0.2, 0.25) is 0 Å². The molecule has 0 fully saturated rings. The van der Waals surface area contributed by atoms with Crippen LogP contribution < -0.4 is 10.9 Å². The number of amides is 1. The fourth-order valence-corrected chi connectivity index (χ4v) is 4.54. The molecule has 2 aromatic heterocycles. The Labute approximate surface area is 176 Å². The van der Waals surface area contributed by atoms with Gasteiger partial charge in [-0.05, 0) is 55.7 Å². The van der Waals surface area contributed by atoms with E-state index in [1.807, 2.05) is 31.2 Å². The number of nitrogens with zero attached hydrogens (tertiary/aromatic N) is 2. The van der Waals surface area contributed by atoms with Gasteiger partial charge in [0, 0.05) is 5.69 Å². The average Bonchev–Trinajstić information content (AvgIpc) is 3.03. The fraction of sp³-hybridized carbons (Fsp3) is 0.174. The zero-order valence-corrected chi connectivity index (χ0v) is 17.6. The summed E-state index contributed by atoms with van der Waals surface area (Å²) in [5.74, 6) is -0.100. The summed E-state index contributed by atoms with van der Waals surface area (Å²) in [6.07, 6.45) is 0. The van der Waals surface area contributed by atoms with Gasteiger partial charge in [-0.25, -0.2) is 9.37 Å². The lowest BCUT2D eigenvalue weighted by atomic mass is 10.1. The average molecular weight is 421 g/mol. The van der Waals surface area contributed by atoms with Crippen molar-refractivity contribution in [3.05, 3.63) is 92.1 Å². The number of halogens is 1. The monoisotopic (exact) mass is 421 g/mol. The molecule has 0 aliphatic rings. The summed E-state index contributed by atoms with van der Waals surface area (Å²) in [7, 11) is 0. The third kappa shape index (κ3) is 3.64. The molecule has 0 spiro atoms. The first-order chi connectivity index (χ1) is 14.3. The van der Waals surface area contributed by atoms with Crippen LogP contribution in [0.3, 0.4) is 0 Å². The van der Waals surface area contributed by atoms with Gasteiger partial charge in [-0.2, -0.15) is 0 Å². The fourth-order valence-electron chi connectivity index (χ4n) is 3.43. The van der Waals surface area contributed by atoms with E-state index in [-0.39, 0.29) is 23.8 Å². The number of fused-ring (bicyclic) bond motifs is 1. The molecule has 0 saturated carbocycles. The first kappa shape index (κ1) is 20.0. The number of aromatic nitrogens is 2. The Bertz CT molecular complexity index is 1340. The second-order valence-corrected chi connectivity index (χ2v) is 8.18. The molecule has 30 heavy (non-hydrogen) atoms. The van der Waals surface area contributed by atoms with Crippen LogP contribution in [0.5, 0.6) is 0 Å². The van der Waals surface area contributed by atoms with E-state index in [2.05, 4.69) is 10.3 Å². The maximum atomic E-state index is 13.5. The van der Waals surface area contributed by atoms with Crippen LogP contribution in [0.4, 0.5) is 10.1 Å². The molecule has 0 saturated heterocycles. The van der Waals surface area contributed by atoms with Crippen molar-refractivity contribution in [2.45, 2.75) is 27.3 Å². The van der Waals surface area contributed by atoms with Gasteiger partial charge in [0.15, 0.2) is 0 Å². The summed E-state index contributed by atoms with van der Waals surface area (Å²) in [6.45, 7) is 5.63. The second-order valence-electron chi connectivity index (χ2n) is 7.19.